The molecule has 0 unspecified atom stereocenters. The van der Waals surface area contributed by atoms with Crippen LogP contribution in [0.5, 0.6) is 0 Å². The Hall–Kier alpha value is -3.25. The molecule has 0 fully saturated rings. The standard InChI is InChI=1S/C20H20N6/c1-3-7-18(8-4-1)20(14-25-16-21-15-24-25)22-11-17-12-23-26(13-17)19-9-5-2-6-10-19/h1-10,12-13,15-16,20,22H,11,14H2/t20-/m0/s1. The summed E-state index contributed by atoms with van der Waals surface area (Å²) in [6.45, 7) is 1.44. The van der Waals surface area contributed by atoms with Crippen molar-refractivity contribution in [2.75, 3.05) is 0 Å². The van der Waals surface area contributed by atoms with Gasteiger partial charge in [0.25, 0.3) is 0 Å². The average molecular weight is 344 g/mol. The van der Waals surface area contributed by atoms with Crippen LogP contribution in [0.3, 0.4) is 0 Å². The number of para-hydroxylation sites is 1. The van der Waals surface area contributed by atoms with Gasteiger partial charge in [-0.05, 0) is 17.7 Å². The first kappa shape index (κ1) is 16.2. The van der Waals surface area contributed by atoms with Crippen molar-refractivity contribution in [3.05, 3.63) is 96.8 Å². The highest BCUT2D eigenvalue weighted by Gasteiger charge is 2.13. The Bertz CT molecular complexity index is 915. The fourth-order valence-corrected chi connectivity index (χ4v) is 2.90. The summed E-state index contributed by atoms with van der Waals surface area (Å²) in [7, 11) is 0. The van der Waals surface area contributed by atoms with Gasteiger partial charge in [0.05, 0.1) is 24.5 Å². The minimum absolute atomic E-state index is 0.137. The number of hydrogen-bond acceptors (Lipinski definition) is 4. The lowest BCUT2D eigenvalue weighted by atomic mass is 10.1. The van der Waals surface area contributed by atoms with Crippen molar-refractivity contribution in [1.82, 2.24) is 29.9 Å². The molecule has 26 heavy (non-hydrogen) atoms. The summed E-state index contributed by atoms with van der Waals surface area (Å²) < 4.78 is 3.74. The zero-order valence-corrected chi connectivity index (χ0v) is 14.3. The normalized spacial score (nSPS) is 12.2. The van der Waals surface area contributed by atoms with Crippen LogP contribution in [0.25, 0.3) is 5.69 Å². The van der Waals surface area contributed by atoms with E-state index >= 15 is 0 Å². The van der Waals surface area contributed by atoms with E-state index in [0.29, 0.717) is 0 Å². The maximum Gasteiger partial charge on any atom is 0.137 e. The molecule has 0 saturated carbocycles. The molecule has 130 valence electrons. The van der Waals surface area contributed by atoms with Gasteiger partial charge in [-0.3, -0.25) is 4.68 Å². The fourth-order valence-electron chi connectivity index (χ4n) is 2.90. The number of nitrogens with zero attached hydrogens (tertiary/aromatic N) is 5. The third kappa shape index (κ3) is 3.87. The summed E-state index contributed by atoms with van der Waals surface area (Å²) in [5.41, 5.74) is 3.41. The number of hydrogen-bond donors (Lipinski definition) is 1. The summed E-state index contributed by atoms with van der Waals surface area (Å²) in [4.78, 5) is 4.03. The van der Waals surface area contributed by atoms with Crippen molar-refractivity contribution >= 4 is 0 Å². The lowest BCUT2D eigenvalue weighted by molar-refractivity contribution is 0.436. The van der Waals surface area contributed by atoms with Crippen LogP contribution in [0.4, 0.5) is 0 Å². The number of nitrogens with one attached hydrogen (secondary N) is 1. The molecule has 2 aromatic carbocycles. The lowest BCUT2D eigenvalue weighted by Crippen LogP contribution is -2.25. The van der Waals surface area contributed by atoms with Gasteiger partial charge in [-0.25, -0.2) is 9.67 Å². The summed E-state index contributed by atoms with van der Waals surface area (Å²) >= 11 is 0. The molecule has 2 heterocycles. The van der Waals surface area contributed by atoms with Crippen molar-refractivity contribution in [2.24, 2.45) is 0 Å². The maximum absolute atomic E-state index is 4.46. The molecule has 0 aliphatic rings. The zero-order valence-electron chi connectivity index (χ0n) is 14.3. The second kappa shape index (κ2) is 7.76. The third-order valence-electron chi connectivity index (χ3n) is 4.25. The Morgan fingerprint density at radius 3 is 2.42 bits per heavy atom. The van der Waals surface area contributed by atoms with Crippen LogP contribution in [0, 0.1) is 0 Å². The second-order valence-electron chi connectivity index (χ2n) is 6.09. The van der Waals surface area contributed by atoms with E-state index in [2.05, 4.69) is 51.0 Å². The summed E-state index contributed by atoms with van der Waals surface area (Å²) in [5, 5.41) is 12.3. The molecule has 6 heteroatoms. The monoisotopic (exact) mass is 344 g/mol. The Balaban J connectivity index is 1.47. The van der Waals surface area contributed by atoms with E-state index < -0.39 is 0 Å². The van der Waals surface area contributed by atoms with Gasteiger partial charge in [-0.2, -0.15) is 10.2 Å². The van der Waals surface area contributed by atoms with Gasteiger partial charge in [0.1, 0.15) is 12.7 Å². The molecule has 1 atom stereocenters. The minimum Gasteiger partial charge on any atom is -0.304 e. The highest BCUT2D eigenvalue weighted by Crippen LogP contribution is 2.16. The van der Waals surface area contributed by atoms with Gasteiger partial charge in [0.2, 0.25) is 0 Å². The highest BCUT2D eigenvalue weighted by molar-refractivity contribution is 5.31. The van der Waals surface area contributed by atoms with Crippen LogP contribution < -0.4 is 5.32 Å². The van der Waals surface area contributed by atoms with Crippen LogP contribution in [0.2, 0.25) is 0 Å². The van der Waals surface area contributed by atoms with Gasteiger partial charge in [-0.1, -0.05) is 48.5 Å². The van der Waals surface area contributed by atoms with Gasteiger partial charge in [0, 0.05) is 18.3 Å². The molecule has 0 spiro atoms. The third-order valence-corrected chi connectivity index (χ3v) is 4.25. The first-order valence-corrected chi connectivity index (χ1v) is 8.58. The van der Waals surface area contributed by atoms with Crippen molar-refractivity contribution in [3.63, 3.8) is 0 Å². The quantitative estimate of drug-likeness (QED) is 0.560. The van der Waals surface area contributed by atoms with Gasteiger partial charge >= 0.3 is 0 Å². The molecule has 0 bridgehead atoms. The Labute approximate surface area is 152 Å². The molecule has 4 rings (SSSR count). The molecule has 1 N–H and O–H groups in total. The first-order chi connectivity index (χ1) is 12.9. The number of aromatic nitrogens is 5. The van der Waals surface area contributed by atoms with E-state index in [0.717, 1.165) is 24.3 Å². The Morgan fingerprint density at radius 1 is 0.923 bits per heavy atom. The molecule has 0 aliphatic carbocycles. The van der Waals surface area contributed by atoms with Gasteiger partial charge in [0.15, 0.2) is 0 Å². The van der Waals surface area contributed by atoms with Crippen LogP contribution in [0.15, 0.2) is 85.7 Å². The highest BCUT2D eigenvalue weighted by atomic mass is 15.3. The smallest absolute Gasteiger partial charge is 0.137 e. The number of benzene rings is 2. The van der Waals surface area contributed by atoms with E-state index in [9.17, 15) is 0 Å². The summed E-state index contributed by atoms with van der Waals surface area (Å²) in [5.74, 6) is 0. The summed E-state index contributed by atoms with van der Waals surface area (Å²) in [6.07, 6.45) is 7.26. The molecule has 2 aromatic heterocycles. The predicted molar refractivity (Wildman–Crippen MR) is 99.6 cm³/mol. The largest absolute Gasteiger partial charge is 0.304 e. The maximum atomic E-state index is 4.46. The van der Waals surface area contributed by atoms with Crippen LogP contribution >= 0.6 is 0 Å². The van der Waals surface area contributed by atoms with Crippen molar-refractivity contribution in [2.45, 2.75) is 19.1 Å². The molecule has 4 aromatic rings. The average Bonchev–Trinajstić information content (AvgIpc) is 3.38. The van der Waals surface area contributed by atoms with E-state index in [4.69, 9.17) is 0 Å². The lowest BCUT2D eigenvalue weighted by Gasteiger charge is -2.18. The molecule has 0 radical (unpaired) electrons. The Morgan fingerprint density at radius 2 is 1.69 bits per heavy atom. The van der Waals surface area contributed by atoms with Crippen molar-refractivity contribution < 1.29 is 0 Å². The van der Waals surface area contributed by atoms with E-state index in [1.807, 2.05) is 52.0 Å². The number of rotatable bonds is 7. The molecule has 0 aliphatic heterocycles. The van der Waals surface area contributed by atoms with E-state index in [1.165, 1.54) is 5.56 Å². The predicted octanol–water partition coefficient (Wildman–Crippen LogP) is 2.99. The molecular formula is C20H20N6. The first-order valence-electron chi connectivity index (χ1n) is 8.58. The van der Waals surface area contributed by atoms with Crippen LogP contribution in [-0.4, -0.2) is 24.5 Å². The minimum atomic E-state index is 0.137. The van der Waals surface area contributed by atoms with Gasteiger partial charge in [-0.15, -0.1) is 0 Å². The molecule has 0 amide bonds. The Kier molecular flexibility index (Phi) is 4.84. The fraction of sp³-hybridized carbons (Fsp3) is 0.150. The summed E-state index contributed by atoms with van der Waals surface area (Å²) in [6, 6.07) is 20.6. The van der Waals surface area contributed by atoms with Crippen LogP contribution in [-0.2, 0) is 13.1 Å². The van der Waals surface area contributed by atoms with Crippen molar-refractivity contribution in [3.8, 4) is 5.69 Å². The SMILES string of the molecule is c1ccc([C@H](Cn2cncn2)NCc2cnn(-c3ccccc3)c2)cc1. The van der Waals surface area contributed by atoms with E-state index in [-0.39, 0.29) is 6.04 Å². The zero-order chi connectivity index (χ0) is 17.6. The van der Waals surface area contributed by atoms with Gasteiger partial charge < -0.3 is 5.32 Å². The molecular weight excluding hydrogens is 324 g/mol. The van der Waals surface area contributed by atoms with E-state index in [1.54, 1.807) is 12.7 Å². The molecule has 6 nitrogen and oxygen atoms in total. The topological polar surface area (TPSA) is 60.6 Å². The van der Waals surface area contributed by atoms with Crippen LogP contribution in [0.1, 0.15) is 17.2 Å². The van der Waals surface area contributed by atoms with Crippen molar-refractivity contribution in [1.29, 1.82) is 0 Å². The second-order valence-corrected chi connectivity index (χ2v) is 6.09. The molecule has 0 saturated heterocycles.